The third-order valence-electron chi connectivity index (χ3n) is 4.53. The van der Waals surface area contributed by atoms with Gasteiger partial charge < -0.3 is 10.0 Å². The van der Waals surface area contributed by atoms with E-state index < -0.39 is 23.4 Å². The van der Waals surface area contributed by atoms with Gasteiger partial charge in [-0.15, -0.1) is 0 Å². The number of rotatable bonds is 6. The molecule has 0 spiro atoms. The number of hydrogen-bond donors (Lipinski definition) is 1. The molecule has 0 bridgehead atoms. The van der Waals surface area contributed by atoms with Crippen molar-refractivity contribution in [3.8, 4) is 0 Å². The molecule has 0 saturated carbocycles. The molecule has 3 nitrogen and oxygen atoms in total. The van der Waals surface area contributed by atoms with Gasteiger partial charge in [0.15, 0.2) is 0 Å². The Labute approximate surface area is 135 Å². The highest BCUT2D eigenvalue weighted by molar-refractivity contribution is 5.26. The molecule has 130 valence electrons. The first-order valence-electron chi connectivity index (χ1n) is 7.96. The normalized spacial score (nSPS) is 23.9. The predicted octanol–water partition coefficient (Wildman–Crippen LogP) is 2.54. The second kappa shape index (κ2) is 7.20. The molecule has 0 aliphatic carbocycles. The van der Waals surface area contributed by atoms with E-state index in [9.17, 15) is 13.9 Å². The van der Waals surface area contributed by atoms with Crippen molar-refractivity contribution in [1.29, 1.82) is 0 Å². The summed E-state index contributed by atoms with van der Waals surface area (Å²) in [6, 6.07) is 3.16. The van der Waals surface area contributed by atoms with Crippen LogP contribution in [0.1, 0.15) is 25.8 Å². The van der Waals surface area contributed by atoms with Gasteiger partial charge in [-0.2, -0.15) is 0 Å². The largest absolute Gasteiger partial charge is 0.390 e. The van der Waals surface area contributed by atoms with Crippen LogP contribution >= 0.6 is 0 Å². The number of β-amino-alcohol motifs (C(OH)–C–C–N with tert-alkyl or cyclic N) is 1. The minimum Gasteiger partial charge on any atom is -0.390 e. The Balaban J connectivity index is 1.97. The number of aliphatic hydroxyl groups excluding tert-OH is 1. The Hall–Kier alpha value is -1.11. The van der Waals surface area contributed by atoms with Gasteiger partial charge in [0.25, 0.3) is 0 Å². The molecule has 2 atom stereocenters. The first-order chi connectivity index (χ1) is 10.7. The summed E-state index contributed by atoms with van der Waals surface area (Å²) in [7, 11) is 1.92. The predicted molar refractivity (Wildman–Crippen MR) is 84.0 cm³/mol. The van der Waals surface area contributed by atoms with Crippen LogP contribution in [0.4, 0.5) is 13.2 Å². The SMILES string of the molecule is CC(C)N(C)C[C@H](O)CN1CCC(F)(c2cc(F)cc(F)c2)C1. The molecule has 1 aliphatic rings. The van der Waals surface area contributed by atoms with E-state index in [0.29, 0.717) is 25.7 Å². The van der Waals surface area contributed by atoms with Crippen LogP contribution in [-0.4, -0.2) is 60.3 Å². The average molecular weight is 330 g/mol. The van der Waals surface area contributed by atoms with E-state index in [1.165, 1.54) is 0 Å². The second-order valence-corrected chi connectivity index (χ2v) is 6.80. The van der Waals surface area contributed by atoms with Gasteiger partial charge in [-0.05, 0) is 45.0 Å². The maximum Gasteiger partial charge on any atom is 0.150 e. The smallest absolute Gasteiger partial charge is 0.150 e. The summed E-state index contributed by atoms with van der Waals surface area (Å²) in [6.45, 7) is 5.42. The summed E-state index contributed by atoms with van der Waals surface area (Å²) in [5, 5.41) is 10.1. The third-order valence-corrected chi connectivity index (χ3v) is 4.53. The first-order valence-corrected chi connectivity index (χ1v) is 7.96. The Morgan fingerprint density at radius 3 is 2.43 bits per heavy atom. The molecule has 1 aliphatic heterocycles. The minimum absolute atomic E-state index is 0.0336. The Morgan fingerprint density at radius 1 is 1.26 bits per heavy atom. The van der Waals surface area contributed by atoms with Crippen LogP contribution in [0.2, 0.25) is 0 Å². The Bertz CT molecular complexity index is 520. The van der Waals surface area contributed by atoms with E-state index >= 15 is 4.39 Å². The molecule has 1 N–H and O–H groups in total. The van der Waals surface area contributed by atoms with Gasteiger partial charge in [-0.25, -0.2) is 13.2 Å². The quantitative estimate of drug-likeness (QED) is 0.868. The summed E-state index contributed by atoms with van der Waals surface area (Å²) >= 11 is 0. The molecule has 1 unspecified atom stereocenters. The topological polar surface area (TPSA) is 26.7 Å². The van der Waals surface area contributed by atoms with E-state index in [4.69, 9.17) is 0 Å². The number of nitrogens with zero attached hydrogens (tertiary/aromatic N) is 2. The fourth-order valence-electron chi connectivity index (χ4n) is 2.95. The van der Waals surface area contributed by atoms with Crippen LogP contribution in [0.3, 0.4) is 0 Å². The molecule has 1 heterocycles. The highest BCUT2D eigenvalue weighted by Crippen LogP contribution is 2.36. The lowest BCUT2D eigenvalue weighted by molar-refractivity contribution is 0.0726. The molecule has 23 heavy (non-hydrogen) atoms. The van der Waals surface area contributed by atoms with E-state index in [2.05, 4.69) is 0 Å². The lowest BCUT2D eigenvalue weighted by atomic mass is 9.95. The number of benzene rings is 1. The third kappa shape index (κ3) is 4.68. The molecule has 1 fully saturated rings. The van der Waals surface area contributed by atoms with Crippen LogP contribution in [0, 0.1) is 11.6 Å². The van der Waals surface area contributed by atoms with Crippen LogP contribution in [0.15, 0.2) is 18.2 Å². The van der Waals surface area contributed by atoms with Crippen LogP contribution < -0.4 is 0 Å². The van der Waals surface area contributed by atoms with Crippen LogP contribution in [0.25, 0.3) is 0 Å². The van der Waals surface area contributed by atoms with Gasteiger partial charge in [-0.3, -0.25) is 4.90 Å². The standard InChI is InChI=1S/C17H25F3N2O/c1-12(2)21(3)9-16(23)10-22-5-4-17(20,11-22)13-6-14(18)8-15(19)7-13/h6-8,12,16,23H,4-5,9-11H2,1-3H3/t16-,17?/m0/s1. The molecule has 0 radical (unpaired) electrons. The zero-order chi connectivity index (χ0) is 17.2. The first kappa shape index (κ1) is 18.2. The van der Waals surface area contributed by atoms with Crippen LogP contribution in [-0.2, 0) is 5.67 Å². The molecule has 0 aromatic heterocycles. The highest BCUT2D eigenvalue weighted by atomic mass is 19.1. The van der Waals surface area contributed by atoms with Crippen molar-refractivity contribution in [3.05, 3.63) is 35.4 Å². The zero-order valence-corrected chi connectivity index (χ0v) is 13.9. The molecule has 0 amide bonds. The molecule has 2 rings (SSSR count). The number of likely N-dealkylation sites (tertiary alicyclic amines) is 1. The molecular formula is C17H25F3N2O. The van der Waals surface area contributed by atoms with Crippen molar-refractivity contribution in [1.82, 2.24) is 9.80 Å². The zero-order valence-electron chi connectivity index (χ0n) is 13.9. The maximum atomic E-state index is 15.0. The molecule has 6 heteroatoms. The van der Waals surface area contributed by atoms with Crippen molar-refractivity contribution in [2.45, 2.75) is 38.1 Å². The molecular weight excluding hydrogens is 305 g/mol. The number of aliphatic hydroxyl groups is 1. The Morgan fingerprint density at radius 2 is 1.87 bits per heavy atom. The summed E-state index contributed by atoms with van der Waals surface area (Å²) in [5.74, 6) is -1.54. The Kier molecular flexibility index (Phi) is 5.70. The van der Waals surface area contributed by atoms with Gasteiger partial charge in [-0.1, -0.05) is 0 Å². The highest BCUT2D eigenvalue weighted by Gasteiger charge is 2.40. The second-order valence-electron chi connectivity index (χ2n) is 6.80. The van der Waals surface area contributed by atoms with Crippen molar-refractivity contribution < 1.29 is 18.3 Å². The number of alkyl halides is 1. The molecule has 1 saturated heterocycles. The van der Waals surface area contributed by atoms with Gasteiger partial charge >= 0.3 is 0 Å². The summed E-state index contributed by atoms with van der Waals surface area (Å²) in [6.07, 6.45) is -0.420. The van der Waals surface area contributed by atoms with E-state index in [0.717, 1.165) is 18.2 Å². The fraction of sp³-hybridized carbons (Fsp3) is 0.647. The van der Waals surface area contributed by atoms with Gasteiger partial charge in [0.05, 0.1) is 6.10 Å². The number of halogens is 3. The maximum absolute atomic E-state index is 15.0. The van der Waals surface area contributed by atoms with Crippen molar-refractivity contribution in [3.63, 3.8) is 0 Å². The lowest BCUT2D eigenvalue weighted by Crippen LogP contribution is -2.41. The minimum atomic E-state index is -1.77. The van der Waals surface area contributed by atoms with Crippen LogP contribution in [0.5, 0.6) is 0 Å². The lowest BCUT2D eigenvalue weighted by Gasteiger charge is -2.27. The van der Waals surface area contributed by atoms with Gasteiger partial charge in [0, 0.05) is 38.3 Å². The fourth-order valence-corrected chi connectivity index (χ4v) is 2.95. The number of hydrogen-bond acceptors (Lipinski definition) is 3. The van der Waals surface area contributed by atoms with E-state index in [1.54, 1.807) is 0 Å². The van der Waals surface area contributed by atoms with Crippen molar-refractivity contribution in [2.75, 3.05) is 33.2 Å². The van der Waals surface area contributed by atoms with E-state index in [1.807, 2.05) is 30.7 Å². The van der Waals surface area contributed by atoms with E-state index in [-0.39, 0.29) is 18.5 Å². The van der Waals surface area contributed by atoms with Crippen molar-refractivity contribution >= 4 is 0 Å². The van der Waals surface area contributed by atoms with Crippen molar-refractivity contribution in [2.24, 2.45) is 0 Å². The molecule has 1 aromatic carbocycles. The average Bonchev–Trinajstić information content (AvgIpc) is 2.80. The molecule has 1 aromatic rings. The van der Waals surface area contributed by atoms with Gasteiger partial charge in [0.1, 0.15) is 17.3 Å². The monoisotopic (exact) mass is 330 g/mol. The summed E-state index contributed by atoms with van der Waals surface area (Å²) in [4.78, 5) is 3.83. The summed E-state index contributed by atoms with van der Waals surface area (Å²) < 4.78 is 41.7. The summed E-state index contributed by atoms with van der Waals surface area (Å²) in [5.41, 5.74) is -1.74. The van der Waals surface area contributed by atoms with Gasteiger partial charge in [0.2, 0.25) is 0 Å². The number of likely N-dealkylation sites (N-methyl/N-ethyl adjacent to an activating group) is 1.